The predicted molar refractivity (Wildman–Crippen MR) is 178 cm³/mol. The molecule has 9 nitrogen and oxygen atoms in total. The minimum Gasteiger partial charge on any atom is -0.495 e. The largest absolute Gasteiger partial charge is 0.495 e. The van der Waals surface area contributed by atoms with Crippen molar-refractivity contribution in [3.63, 3.8) is 0 Å². The Morgan fingerprint density at radius 1 is 0.889 bits per heavy atom. The minimum atomic E-state index is -4.06. The van der Waals surface area contributed by atoms with Gasteiger partial charge >= 0.3 is 0 Å². The third-order valence-corrected chi connectivity index (χ3v) is 9.29. The zero-order valence-electron chi connectivity index (χ0n) is 26.1. The molecule has 2 amide bonds. The maximum atomic E-state index is 13.7. The van der Waals surface area contributed by atoms with E-state index >= 15 is 0 Å². The van der Waals surface area contributed by atoms with Crippen LogP contribution in [0.1, 0.15) is 38.3 Å². The molecule has 0 spiro atoms. The number of carbonyl (C=O) groups excluding carboxylic acids is 2. The highest BCUT2D eigenvalue weighted by molar-refractivity contribution is 7.92. The van der Waals surface area contributed by atoms with Crippen LogP contribution < -0.4 is 14.8 Å². The molecule has 1 heterocycles. The average Bonchev–Trinajstić information content (AvgIpc) is 3.49. The van der Waals surface area contributed by atoms with Crippen molar-refractivity contribution in [2.24, 2.45) is 0 Å². The molecule has 1 aliphatic heterocycles. The second-order valence-corrected chi connectivity index (χ2v) is 13.2. The fourth-order valence-corrected chi connectivity index (χ4v) is 6.72. The number of benzene rings is 4. The van der Waals surface area contributed by atoms with E-state index in [0.29, 0.717) is 35.5 Å². The van der Waals surface area contributed by atoms with E-state index in [1.54, 1.807) is 68.7 Å². The first-order chi connectivity index (χ1) is 21.4. The normalized spacial score (nSPS) is 14.6. The summed E-state index contributed by atoms with van der Waals surface area (Å²) >= 11 is 0. The van der Waals surface area contributed by atoms with Crippen molar-refractivity contribution in [3.8, 4) is 16.9 Å². The molecule has 1 saturated heterocycles. The molecule has 1 atom stereocenters. The van der Waals surface area contributed by atoms with Crippen LogP contribution in [-0.4, -0.2) is 70.4 Å². The maximum absolute atomic E-state index is 13.7. The number of ether oxygens (including phenoxy) is 1. The number of carbonyl (C=O) groups is 2. The van der Waals surface area contributed by atoms with Crippen LogP contribution in [0.5, 0.6) is 5.75 Å². The number of amides is 2. The van der Waals surface area contributed by atoms with Crippen LogP contribution in [0.25, 0.3) is 11.1 Å². The fourth-order valence-electron chi connectivity index (χ4n) is 5.47. The number of methoxy groups -OCH3 is 1. The van der Waals surface area contributed by atoms with Crippen molar-refractivity contribution >= 4 is 33.2 Å². The molecule has 4 aromatic carbocycles. The zero-order chi connectivity index (χ0) is 32.3. The number of hydrogen-bond donors (Lipinski definition) is 2. The van der Waals surface area contributed by atoms with Gasteiger partial charge in [0, 0.05) is 50.0 Å². The van der Waals surface area contributed by atoms with Gasteiger partial charge < -0.3 is 19.9 Å². The standard InChI is InChI=1S/C35H38N4O5S/c1-23-12-13-24(2)31(18-23)35(41)39-17-16-30(22-39)36-28-10-7-11-29(21-28)37-45(42,43)33-20-26(14-15-32(33)44-5)25-8-6-9-27(19-25)34(40)38(3)4/h6-15,18-21,30,36-37H,16-17,22H2,1-5H3/t30-/m1/s1. The molecule has 5 rings (SSSR count). The van der Waals surface area contributed by atoms with E-state index in [-0.39, 0.29) is 28.5 Å². The van der Waals surface area contributed by atoms with E-state index in [1.807, 2.05) is 49.1 Å². The molecule has 0 aliphatic carbocycles. The lowest BCUT2D eigenvalue weighted by molar-refractivity contribution is 0.0789. The Hall–Kier alpha value is -4.83. The third kappa shape index (κ3) is 7.12. The first kappa shape index (κ1) is 31.6. The number of nitrogens with one attached hydrogen (secondary N) is 2. The van der Waals surface area contributed by atoms with E-state index in [1.165, 1.54) is 12.0 Å². The summed E-state index contributed by atoms with van der Waals surface area (Å²) in [5, 5.41) is 3.46. The van der Waals surface area contributed by atoms with Crippen LogP contribution >= 0.6 is 0 Å². The average molecular weight is 627 g/mol. The Morgan fingerprint density at radius 3 is 2.38 bits per heavy atom. The number of anilines is 2. The number of hydrogen-bond acceptors (Lipinski definition) is 6. The summed E-state index contributed by atoms with van der Waals surface area (Å²) in [6.07, 6.45) is 0.776. The minimum absolute atomic E-state index is 0.0224. The smallest absolute Gasteiger partial charge is 0.265 e. The van der Waals surface area contributed by atoms with Crippen LogP contribution in [-0.2, 0) is 10.0 Å². The summed E-state index contributed by atoms with van der Waals surface area (Å²) in [6.45, 7) is 5.11. The van der Waals surface area contributed by atoms with E-state index in [9.17, 15) is 18.0 Å². The number of rotatable bonds is 9. The van der Waals surface area contributed by atoms with Crippen molar-refractivity contribution in [1.29, 1.82) is 0 Å². The van der Waals surface area contributed by atoms with Gasteiger partial charge in [-0.05, 0) is 85.5 Å². The summed E-state index contributed by atoms with van der Waals surface area (Å²) in [4.78, 5) is 29.0. The number of aryl methyl sites for hydroxylation is 2. The molecular formula is C35H38N4O5S. The van der Waals surface area contributed by atoms with Gasteiger partial charge in [0.2, 0.25) is 0 Å². The Kier molecular flexibility index (Phi) is 9.15. The molecule has 0 unspecified atom stereocenters. The van der Waals surface area contributed by atoms with E-state index in [4.69, 9.17) is 4.74 Å². The highest BCUT2D eigenvalue weighted by Crippen LogP contribution is 2.32. The fraction of sp³-hybridized carbons (Fsp3) is 0.257. The van der Waals surface area contributed by atoms with Gasteiger partial charge in [-0.1, -0.05) is 42.0 Å². The highest BCUT2D eigenvalue weighted by Gasteiger charge is 2.28. The Labute approximate surface area is 264 Å². The summed E-state index contributed by atoms with van der Waals surface area (Å²) in [5.41, 5.74) is 5.68. The molecule has 0 bridgehead atoms. The Morgan fingerprint density at radius 2 is 1.62 bits per heavy atom. The van der Waals surface area contributed by atoms with E-state index in [0.717, 1.165) is 28.8 Å². The quantitative estimate of drug-likeness (QED) is 0.243. The van der Waals surface area contributed by atoms with Gasteiger partial charge in [-0.25, -0.2) is 8.42 Å². The third-order valence-electron chi connectivity index (χ3n) is 7.89. The molecule has 0 radical (unpaired) electrons. The van der Waals surface area contributed by atoms with Gasteiger partial charge in [-0.2, -0.15) is 0 Å². The second kappa shape index (κ2) is 13.0. The summed E-state index contributed by atoms with van der Waals surface area (Å²) in [7, 11) is 0.723. The van der Waals surface area contributed by atoms with E-state index in [2.05, 4.69) is 10.0 Å². The van der Waals surface area contributed by atoms with Gasteiger partial charge in [0.15, 0.2) is 0 Å². The van der Waals surface area contributed by atoms with Gasteiger partial charge in [-0.3, -0.25) is 14.3 Å². The first-order valence-corrected chi connectivity index (χ1v) is 16.2. The van der Waals surface area contributed by atoms with Gasteiger partial charge in [0.05, 0.1) is 12.8 Å². The first-order valence-electron chi connectivity index (χ1n) is 14.7. The summed E-state index contributed by atoms with van der Waals surface area (Å²) in [5.74, 6) is 0.0708. The van der Waals surface area contributed by atoms with E-state index < -0.39 is 10.0 Å². The van der Waals surface area contributed by atoms with Crippen LogP contribution in [0.15, 0.2) is 89.8 Å². The van der Waals surface area contributed by atoms with Crippen molar-refractivity contribution in [1.82, 2.24) is 9.80 Å². The van der Waals surface area contributed by atoms with Crippen LogP contribution in [0.2, 0.25) is 0 Å². The maximum Gasteiger partial charge on any atom is 0.265 e. The van der Waals surface area contributed by atoms with Crippen molar-refractivity contribution in [2.45, 2.75) is 31.2 Å². The van der Waals surface area contributed by atoms with Crippen LogP contribution in [0, 0.1) is 13.8 Å². The van der Waals surface area contributed by atoms with Gasteiger partial charge in [0.1, 0.15) is 10.6 Å². The van der Waals surface area contributed by atoms with Crippen molar-refractivity contribution < 1.29 is 22.7 Å². The van der Waals surface area contributed by atoms with Crippen molar-refractivity contribution in [3.05, 3.63) is 107 Å². The topological polar surface area (TPSA) is 108 Å². The molecule has 4 aromatic rings. The molecule has 1 fully saturated rings. The summed E-state index contributed by atoms with van der Waals surface area (Å²) in [6, 6.07) is 25.0. The molecule has 0 aromatic heterocycles. The number of sulfonamides is 1. The molecule has 10 heteroatoms. The molecule has 0 saturated carbocycles. The van der Waals surface area contributed by atoms with Crippen molar-refractivity contribution in [2.75, 3.05) is 44.3 Å². The lowest BCUT2D eigenvalue weighted by Crippen LogP contribution is -2.32. The monoisotopic (exact) mass is 626 g/mol. The Balaban J connectivity index is 1.32. The van der Waals surface area contributed by atoms with Crippen LogP contribution in [0.3, 0.4) is 0 Å². The van der Waals surface area contributed by atoms with Crippen LogP contribution in [0.4, 0.5) is 11.4 Å². The number of likely N-dealkylation sites (tertiary alicyclic amines) is 1. The van der Waals surface area contributed by atoms with Gasteiger partial charge in [0.25, 0.3) is 21.8 Å². The molecule has 2 N–H and O–H groups in total. The highest BCUT2D eigenvalue weighted by atomic mass is 32.2. The zero-order valence-corrected chi connectivity index (χ0v) is 26.9. The lowest BCUT2D eigenvalue weighted by Gasteiger charge is -2.19. The van der Waals surface area contributed by atoms with Gasteiger partial charge in [-0.15, -0.1) is 0 Å². The molecule has 1 aliphatic rings. The number of nitrogens with zero attached hydrogens (tertiary/aromatic N) is 2. The second-order valence-electron chi connectivity index (χ2n) is 11.5. The molecule has 234 valence electrons. The Bertz CT molecular complexity index is 1850. The molecule has 45 heavy (non-hydrogen) atoms. The lowest BCUT2D eigenvalue weighted by atomic mass is 10.0. The molecular weight excluding hydrogens is 588 g/mol. The SMILES string of the molecule is COc1ccc(-c2cccc(C(=O)N(C)C)c2)cc1S(=O)(=O)Nc1cccc(N[C@@H]2CCN(C(=O)c3cc(C)ccc3C)C2)c1. The summed E-state index contributed by atoms with van der Waals surface area (Å²) < 4.78 is 35.4. The predicted octanol–water partition coefficient (Wildman–Crippen LogP) is 5.81.